The lowest BCUT2D eigenvalue weighted by atomic mass is 10.5. The number of hydrogen-bond donors (Lipinski definition) is 1. The van der Waals surface area contributed by atoms with Crippen LogP contribution in [-0.4, -0.2) is 6.54 Å². The van der Waals surface area contributed by atoms with Crippen molar-refractivity contribution in [3.8, 4) is 0 Å². The van der Waals surface area contributed by atoms with Crippen LogP contribution in [0.2, 0.25) is 0 Å². The molecular formula is C6H17NS. The molecule has 8 heavy (non-hydrogen) atoms. The minimum absolute atomic E-state index is 0. The van der Waals surface area contributed by atoms with Gasteiger partial charge in [0.15, 0.2) is 0 Å². The van der Waals surface area contributed by atoms with Gasteiger partial charge in [-0.25, -0.2) is 0 Å². The van der Waals surface area contributed by atoms with Gasteiger partial charge in [-0.15, -0.1) is 0 Å². The second kappa shape index (κ2) is 10.3. The minimum atomic E-state index is 0. The molecule has 2 heteroatoms. The van der Waals surface area contributed by atoms with Crippen molar-refractivity contribution < 1.29 is 0 Å². The van der Waals surface area contributed by atoms with Crippen molar-refractivity contribution in [1.29, 1.82) is 0 Å². The van der Waals surface area contributed by atoms with Crippen molar-refractivity contribution in [1.82, 2.24) is 0 Å². The second-order valence-electron chi connectivity index (χ2n) is 1.85. The van der Waals surface area contributed by atoms with Crippen LogP contribution in [0.4, 0.5) is 0 Å². The van der Waals surface area contributed by atoms with Crippen molar-refractivity contribution in [2.75, 3.05) is 6.54 Å². The topological polar surface area (TPSA) is 26.0 Å². The van der Waals surface area contributed by atoms with E-state index in [4.69, 9.17) is 5.73 Å². The van der Waals surface area contributed by atoms with E-state index in [1.807, 2.05) is 0 Å². The number of hydrogen-bond acceptors (Lipinski definition) is 1. The molecule has 0 saturated heterocycles. The summed E-state index contributed by atoms with van der Waals surface area (Å²) in [5.41, 5.74) is 5.03. The molecule has 0 aliphatic heterocycles. The van der Waals surface area contributed by atoms with Gasteiger partial charge in [0.2, 0.25) is 0 Å². The van der Waals surface area contributed by atoms with Crippen LogP contribution in [0.25, 0.3) is 0 Å². The lowest BCUT2D eigenvalue weighted by molar-refractivity contribution is 0.932. The van der Waals surface area contributed by atoms with Crippen LogP contribution in [0.3, 0.4) is 0 Å². The molecule has 1 rings (SSSR count). The lowest BCUT2D eigenvalue weighted by Crippen LogP contribution is -1.93. The zero-order chi connectivity index (χ0) is 5.54. The van der Waals surface area contributed by atoms with Crippen LogP contribution in [0, 0.1) is 0 Å². The second-order valence-corrected chi connectivity index (χ2v) is 1.85. The Morgan fingerprint density at radius 1 is 1.25 bits per heavy atom. The molecule has 1 aliphatic rings. The molecule has 0 atom stereocenters. The summed E-state index contributed by atoms with van der Waals surface area (Å²) in [6, 6.07) is 0. The van der Waals surface area contributed by atoms with Crippen molar-refractivity contribution in [2.24, 2.45) is 5.73 Å². The summed E-state index contributed by atoms with van der Waals surface area (Å²) in [6.07, 6.45) is 5.60. The standard InChI is InChI=1S/C3H9N.C3H6.H2S/c1-2-3-4;1-2-3-1;/h2-4H2,1H3;1-3H2;1H2. The normalized spacial score (nSPS) is 12.8. The van der Waals surface area contributed by atoms with Crippen LogP contribution >= 0.6 is 13.5 Å². The minimum Gasteiger partial charge on any atom is -0.330 e. The fraction of sp³-hybridized carbons (Fsp3) is 1.00. The summed E-state index contributed by atoms with van der Waals surface area (Å²) < 4.78 is 0. The first-order chi connectivity index (χ1) is 3.41. The summed E-state index contributed by atoms with van der Waals surface area (Å²) >= 11 is 0. The summed E-state index contributed by atoms with van der Waals surface area (Å²) in [7, 11) is 0. The van der Waals surface area contributed by atoms with E-state index < -0.39 is 0 Å². The van der Waals surface area contributed by atoms with Gasteiger partial charge in [-0.3, -0.25) is 0 Å². The third kappa shape index (κ3) is 33.3. The van der Waals surface area contributed by atoms with Crippen LogP contribution in [0.15, 0.2) is 0 Å². The average Bonchev–Trinajstić information content (AvgIpc) is 2.47. The van der Waals surface area contributed by atoms with E-state index in [0.717, 1.165) is 13.0 Å². The Labute approximate surface area is 59.1 Å². The van der Waals surface area contributed by atoms with Crippen LogP contribution in [0.1, 0.15) is 32.6 Å². The summed E-state index contributed by atoms with van der Waals surface area (Å²) in [4.78, 5) is 0. The van der Waals surface area contributed by atoms with E-state index in [2.05, 4.69) is 6.92 Å². The van der Waals surface area contributed by atoms with Gasteiger partial charge in [0.05, 0.1) is 0 Å². The Morgan fingerprint density at radius 2 is 1.50 bits per heavy atom. The Bertz CT molecular complexity index is 25.0. The SMILES string of the molecule is C1CC1.CCCN.S. The molecular weight excluding hydrogens is 118 g/mol. The van der Waals surface area contributed by atoms with Gasteiger partial charge in [0, 0.05) is 0 Å². The van der Waals surface area contributed by atoms with E-state index in [9.17, 15) is 0 Å². The van der Waals surface area contributed by atoms with Crippen molar-refractivity contribution in [3.05, 3.63) is 0 Å². The van der Waals surface area contributed by atoms with E-state index in [0.29, 0.717) is 0 Å². The monoisotopic (exact) mass is 135 g/mol. The Morgan fingerprint density at radius 3 is 1.50 bits per heavy atom. The van der Waals surface area contributed by atoms with Gasteiger partial charge < -0.3 is 5.73 Å². The van der Waals surface area contributed by atoms with Gasteiger partial charge in [0.1, 0.15) is 0 Å². The maximum atomic E-state index is 5.03. The zero-order valence-electron chi connectivity index (χ0n) is 5.61. The summed E-state index contributed by atoms with van der Waals surface area (Å²) in [6.45, 7) is 2.88. The molecule has 0 unspecified atom stereocenters. The molecule has 2 N–H and O–H groups in total. The van der Waals surface area contributed by atoms with Gasteiger partial charge in [-0.05, 0) is 13.0 Å². The van der Waals surface area contributed by atoms with Crippen LogP contribution in [-0.2, 0) is 0 Å². The third-order valence-electron chi connectivity index (χ3n) is 0.642. The first kappa shape index (κ1) is 11.2. The van der Waals surface area contributed by atoms with E-state index in [-0.39, 0.29) is 13.5 Å². The maximum absolute atomic E-state index is 5.03. The molecule has 1 aliphatic carbocycles. The molecule has 0 aromatic rings. The quantitative estimate of drug-likeness (QED) is 0.581. The average molecular weight is 135 g/mol. The first-order valence-electron chi connectivity index (χ1n) is 3.12. The van der Waals surface area contributed by atoms with Gasteiger partial charge >= 0.3 is 0 Å². The molecule has 1 fully saturated rings. The molecule has 0 heterocycles. The molecule has 0 aromatic heterocycles. The van der Waals surface area contributed by atoms with Crippen LogP contribution < -0.4 is 5.73 Å². The van der Waals surface area contributed by atoms with E-state index >= 15 is 0 Å². The van der Waals surface area contributed by atoms with E-state index in [1.165, 1.54) is 19.3 Å². The van der Waals surface area contributed by atoms with Crippen molar-refractivity contribution in [2.45, 2.75) is 32.6 Å². The largest absolute Gasteiger partial charge is 0.330 e. The van der Waals surface area contributed by atoms with Gasteiger partial charge in [-0.1, -0.05) is 26.2 Å². The third-order valence-corrected chi connectivity index (χ3v) is 0.642. The maximum Gasteiger partial charge on any atom is -0.00799 e. The lowest BCUT2D eigenvalue weighted by Gasteiger charge is -1.70. The highest BCUT2D eigenvalue weighted by Gasteiger charge is 1.95. The molecule has 0 amide bonds. The number of nitrogens with two attached hydrogens (primary N) is 1. The smallest absolute Gasteiger partial charge is 0.00799 e. The Hall–Kier alpha value is 0.310. The zero-order valence-corrected chi connectivity index (χ0v) is 6.61. The first-order valence-corrected chi connectivity index (χ1v) is 3.12. The molecule has 1 saturated carbocycles. The Kier molecular flexibility index (Phi) is 14.4. The van der Waals surface area contributed by atoms with Crippen molar-refractivity contribution >= 4 is 13.5 Å². The highest BCUT2D eigenvalue weighted by Crippen LogP contribution is 2.14. The highest BCUT2D eigenvalue weighted by molar-refractivity contribution is 7.59. The van der Waals surface area contributed by atoms with Gasteiger partial charge in [-0.2, -0.15) is 13.5 Å². The predicted octanol–water partition coefficient (Wildman–Crippen LogP) is 1.64. The molecule has 0 bridgehead atoms. The van der Waals surface area contributed by atoms with Crippen LogP contribution in [0.5, 0.6) is 0 Å². The fourth-order valence-corrected chi connectivity index (χ4v) is 0. The fourth-order valence-electron chi connectivity index (χ4n) is 0. The van der Waals surface area contributed by atoms with Gasteiger partial charge in [0.25, 0.3) is 0 Å². The summed E-state index contributed by atoms with van der Waals surface area (Å²) in [5, 5.41) is 0. The molecule has 0 spiro atoms. The highest BCUT2D eigenvalue weighted by atomic mass is 32.1. The van der Waals surface area contributed by atoms with Crippen molar-refractivity contribution in [3.63, 3.8) is 0 Å². The molecule has 52 valence electrons. The molecule has 1 nitrogen and oxygen atoms in total. The predicted molar refractivity (Wildman–Crippen MR) is 43.6 cm³/mol. The molecule has 0 radical (unpaired) electrons. The molecule has 0 aromatic carbocycles. The summed E-state index contributed by atoms with van der Waals surface area (Å²) in [5.74, 6) is 0. The Balaban J connectivity index is 0. The number of rotatable bonds is 1. The van der Waals surface area contributed by atoms with E-state index in [1.54, 1.807) is 0 Å².